The predicted molar refractivity (Wildman–Crippen MR) is 130 cm³/mol. The van der Waals surface area contributed by atoms with Crippen LogP contribution in [0.4, 0.5) is 5.82 Å². The highest BCUT2D eigenvalue weighted by molar-refractivity contribution is 6.34. The minimum absolute atomic E-state index is 0.153. The summed E-state index contributed by atoms with van der Waals surface area (Å²) in [7, 11) is 0. The third kappa shape index (κ3) is 4.62. The molecule has 3 N–H and O–H groups in total. The molecule has 4 aromatic rings. The molecule has 2 heterocycles. The summed E-state index contributed by atoms with van der Waals surface area (Å²) in [6.07, 6.45) is 3.72. The highest BCUT2D eigenvalue weighted by atomic mass is 35.5. The van der Waals surface area contributed by atoms with Crippen LogP contribution >= 0.6 is 11.6 Å². The van der Waals surface area contributed by atoms with Crippen LogP contribution in [-0.4, -0.2) is 28.1 Å². The maximum Gasteiger partial charge on any atom is 0.346 e. The molecule has 0 aliphatic rings. The number of pyridine rings is 1. The van der Waals surface area contributed by atoms with Crippen molar-refractivity contribution < 1.29 is 4.74 Å². The van der Waals surface area contributed by atoms with Crippen LogP contribution in [0, 0.1) is 18.8 Å². The van der Waals surface area contributed by atoms with E-state index in [1.165, 1.54) is 6.20 Å². The lowest BCUT2D eigenvalue weighted by molar-refractivity contribution is 0.318. The maximum atomic E-state index is 11.5. The van der Waals surface area contributed by atoms with Gasteiger partial charge in [-0.25, -0.2) is 9.78 Å². The van der Waals surface area contributed by atoms with E-state index in [4.69, 9.17) is 22.1 Å². The molecule has 0 amide bonds. The lowest BCUT2D eigenvalue weighted by Crippen LogP contribution is -2.09. The number of nitroso groups, excluding NO2 is 1. The number of nitrogens with one attached hydrogen (secondary N) is 1. The molecule has 2 aromatic carbocycles. The average molecular weight is 464 g/mol. The summed E-state index contributed by atoms with van der Waals surface area (Å²) in [6.45, 7) is 4.99. The molecular weight excluding hydrogens is 442 g/mol. The molecule has 0 radical (unpaired) electrons. The zero-order chi connectivity index (χ0) is 23.5. The van der Waals surface area contributed by atoms with Crippen molar-refractivity contribution in [2.24, 2.45) is 10.9 Å². The number of nitrogens with zero attached hydrogens (tertiary/aromatic N) is 3. The number of aryl methyl sites for hydroxylation is 2. The van der Waals surface area contributed by atoms with Gasteiger partial charge in [0, 0.05) is 34.5 Å². The van der Waals surface area contributed by atoms with E-state index in [1.54, 1.807) is 18.3 Å². The summed E-state index contributed by atoms with van der Waals surface area (Å²) in [5.74, 6) is 0.481. The standard InChI is InChI=1S/C24H22ClN5O3/c1-13-6-14(2)8-15(7-13)18-11-27-21-10-20(25)16(9-17(21)22(18)33-5-3-4-26)19-12-28-24(31)29-23(19)30-32/h6-12H,3-5,26H2,1-2H3,(H,28,29,31). The Bertz CT molecular complexity index is 1400. The molecule has 0 atom stereocenters. The van der Waals surface area contributed by atoms with Crippen LogP contribution in [0.3, 0.4) is 0 Å². The zero-order valence-electron chi connectivity index (χ0n) is 18.2. The summed E-state index contributed by atoms with van der Waals surface area (Å²) < 4.78 is 6.21. The van der Waals surface area contributed by atoms with Gasteiger partial charge in [0.1, 0.15) is 5.75 Å². The minimum Gasteiger partial charge on any atom is -0.492 e. The number of aromatic nitrogens is 3. The number of halogens is 1. The van der Waals surface area contributed by atoms with Gasteiger partial charge in [-0.05, 0) is 49.7 Å². The van der Waals surface area contributed by atoms with E-state index in [9.17, 15) is 9.70 Å². The van der Waals surface area contributed by atoms with E-state index in [0.717, 1.165) is 22.3 Å². The number of hydrogen-bond donors (Lipinski definition) is 2. The van der Waals surface area contributed by atoms with Crippen molar-refractivity contribution >= 4 is 28.3 Å². The summed E-state index contributed by atoms with van der Waals surface area (Å²) in [5.41, 5.74) is 10.5. The quantitative estimate of drug-likeness (QED) is 0.292. The summed E-state index contributed by atoms with van der Waals surface area (Å²) in [4.78, 5) is 33.6. The molecule has 0 unspecified atom stereocenters. The average Bonchev–Trinajstić information content (AvgIpc) is 2.78. The van der Waals surface area contributed by atoms with Crippen LogP contribution in [0.5, 0.6) is 5.75 Å². The van der Waals surface area contributed by atoms with Gasteiger partial charge in [-0.15, -0.1) is 4.91 Å². The summed E-state index contributed by atoms with van der Waals surface area (Å²) in [5, 5.41) is 3.97. The van der Waals surface area contributed by atoms with E-state index >= 15 is 0 Å². The molecule has 2 aromatic heterocycles. The second kappa shape index (κ2) is 9.48. The molecule has 0 fully saturated rings. The molecule has 0 bridgehead atoms. The van der Waals surface area contributed by atoms with Gasteiger partial charge in [0.15, 0.2) is 5.82 Å². The van der Waals surface area contributed by atoms with Gasteiger partial charge in [0.2, 0.25) is 0 Å². The number of rotatable bonds is 7. The third-order valence-corrected chi connectivity index (χ3v) is 5.52. The molecular formula is C24H22ClN5O3. The van der Waals surface area contributed by atoms with Crippen molar-refractivity contribution in [3.8, 4) is 28.0 Å². The molecule has 4 rings (SSSR count). The third-order valence-electron chi connectivity index (χ3n) is 5.21. The number of hydrogen-bond acceptors (Lipinski definition) is 7. The molecule has 0 saturated heterocycles. The highest BCUT2D eigenvalue weighted by Gasteiger charge is 2.18. The minimum atomic E-state index is -0.671. The topological polar surface area (TPSA) is 123 Å². The fourth-order valence-corrected chi connectivity index (χ4v) is 4.06. The molecule has 0 aliphatic heterocycles. The van der Waals surface area contributed by atoms with E-state index in [2.05, 4.69) is 38.3 Å². The fraction of sp³-hybridized carbons (Fsp3) is 0.208. The molecule has 168 valence electrons. The van der Waals surface area contributed by atoms with Gasteiger partial charge >= 0.3 is 5.69 Å². The lowest BCUT2D eigenvalue weighted by Gasteiger charge is -2.16. The Hall–Kier alpha value is -3.62. The van der Waals surface area contributed by atoms with Crippen LogP contribution in [0.15, 0.2) is 52.7 Å². The number of aromatic amines is 1. The molecule has 0 aliphatic carbocycles. The SMILES string of the molecule is Cc1cc(C)cc(-c2cnc3cc(Cl)c(-c4cnc(=O)[nH]c4N=O)cc3c2OCCCN)c1. The zero-order valence-corrected chi connectivity index (χ0v) is 18.9. The van der Waals surface area contributed by atoms with E-state index in [-0.39, 0.29) is 5.82 Å². The first kappa shape index (κ1) is 22.6. The van der Waals surface area contributed by atoms with Crippen LogP contribution in [-0.2, 0) is 0 Å². The Morgan fingerprint density at radius 1 is 1.03 bits per heavy atom. The lowest BCUT2D eigenvalue weighted by atomic mass is 9.98. The van der Waals surface area contributed by atoms with E-state index < -0.39 is 5.69 Å². The van der Waals surface area contributed by atoms with Gasteiger partial charge in [-0.2, -0.15) is 0 Å². The Morgan fingerprint density at radius 3 is 2.45 bits per heavy atom. The Labute approximate surface area is 194 Å². The summed E-state index contributed by atoms with van der Waals surface area (Å²) >= 11 is 6.52. The fourth-order valence-electron chi connectivity index (χ4n) is 3.80. The van der Waals surface area contributed by atoms with Crippen molar-refractivity contribution in [2.45, 2.75) is 20.3 Å². The smallest absolute Gasteiger partial charge is 0.346 e. The Balaban J connectivity index is 1.99. The number of fused-ring (bicyclic) bond motifs is 1. The number of ether oxygens (including phenoxy) is 1. The summed E-state index contributed by atoms with van der Waals surface area (Å²) in [6, 6.07) is 9.71. The van der Waals surface area contributed by atoms with Gasteiger partial charge in [-0.1, -0.05) is 40.9 Å². The van der Waals surface area contributed by atoms with E-state index in [1.807, 2.05) is 13.8 Å². The van der Waals surface area contributed by atoms with Gasteiger partial charge in [0.05, 0.1) is 17.1 Å². The molecule has 0 spiro atoms. The van der Waals surface area contributed by atoms with Crippen molar-refractivity contribution in [3.63, 3.8) is 0 Å². The van der Waals surface area contributed by atoms with Gasteiger partial charge < -0.3 is 10.5 Å². The van der Waals surface area contributed by atoms with Crippen molar-refractivity contribution in [2.75, 3.05) is 13.2 Å². The monoisotopic (exact) mass is 463 g/mol. The second-order valence-corrected chi connectivity index (χ2v) is 8.17. The van der Waals surface area contributed by atoms with Crippen LogP contribution < -0.4 is 16.2 Å². The maximum absolute atomic E-state index is 11.5. The van der Waals surface area contributed by atoms with Crippen molar-refractivity contribution in [3.05, 3.63) is 74.3 Å². The first-order chi connectivity index (χ1) is 15.9. The predicted octanol–water partition coefficient (Wildman–Crippen LogP) is 5.05. The van der Waals surface area contributed by atoms with E-state index in [0.29, 0.717) is 52.4 Å². The Kier molecular flexibility index (Phi) is 6.48. The normalized spacial score (nSPS) is 11.0. The molecule has 33 heavy (non-hydrogen) atoms. The first-order valence-corrected chi connectivity index (χ1v) is 10.8. The number of nitrogens with two attached hydrogens (primary N) is 1. The second-order valence-electron chi connectivity index (χ2n) is 7.76. The van der Waals surface area contributed by atoms with Gasteiger partial charge in [-0.3, -0.25) is 9.97 Å². The van der Waals surface area contributed by atoms with Crippen LogP contribution in [0.1, 0.15) is 17.5 Å². The van der Waals surface area contributed by atoms with Crippen LogP contribution in [0.2, 0.25) is 5.02 Å². The molecule has 9 heteroatoms. The Morgan fingerprint density at radius 2 is 1.76 bits per heavy atom. The van der Waals surface area contributed by atoms with Crippen molar-refractivity contribution in [1.29, 1.82) is 0 Å². The molecule has 8 nitrogen and oxygen atoms in total. The number of benzene rings is 2. The largest absolute Gasteiger partial charge is 0.492 e. The number of H-pyrrole nitrogens is 1. The highest BCUT2D eigenvalue weighted by Crippen LogP contribution is 2.41. The van der Waals surface area contributed by atoms with Gasteiger partial charge in [0.25, 0.3) is 0 Å². The molecule has 0 saturated carbocycles. The van der Waals surface area contributed by atoms with Crippen LogP contribution in [0.25, 0.3) is 33.2 Å². The first-order valence-electron chi connectivity index (χ1n) is 10.4. The van der Waals surface area contributed by atoms with Crippen molar-refractivity contribution in [1.82, 2.24) is 15.0 Å².